The largest absolute Gasteiger partial charge is 0.465 e. The van der Waals surface area contributed by atoms with Gasteiger partial charge in [0.25, 0.3) is 0 Å². The highest BCUT2D eigenvalue weighted by Crippen LogP contribution is 2.21. The van der Waals surface area contributed by atoms with Crippen LogP contribution in [0.25, 0.3) is 10.9 Å². The summed E-state index contributed by atoms with van der Waals surface area (Å²) in [6.07, 6.45) is 5.25. The minimum Gasteiger partial charge on any atom is -0.465 e. The lowest BCUT2D eigenvalue weighted by atomic mass is 10.1. The number of carboxylic acid groups (broad SMARTS) is 1. The van der Waals surface area contributed by atoms with Crippen molar-refractivity contribution < 1.29 is 14.3 Å². The average molecular weight is 356 g/mol. The van der Waals surface area contributed by atoms with Crippen molar-refractivity contribution >= 4 is 17.0 Å². The van der Waals surface area contributed by atoms with Crippen LogP contribution in [0.15, 0.2) is 42.9 Å². The van der Waals surface area contributed by atoms with Crippen molar-refractivity contribution in [3.63, 3.8) is 0 Å². The molecule has 0 aliphatic carbocycles. The van der Waals surface area contributed by atoms with Gasteiger partial charge >= 0.3 is 6.09 Å². The van der Waals surface area contributed by atoms with E-state index < -0.39 is 6.09 Å². The van der Waals surface area contributed by atoms with E-state index in [9.17, 15) is 9.18 Å². The maximum Gasteiger partial charge on any atom is 0.404 e. The third-order valence-corrected chi connectivity index (χ3v) is 4.27. The summed E-state index contributed by atoms with van der Waals surface area (Å²) in [5, 5.41) is 12.2. The molecule has 1 aromatic carbocycles. The number of nitrogens with zero attached hydrogens (tertiary/aromatic N) is 2. The second kappa shape index (κ2) is 7.86. The Bertz CT molecular complexity index is 923. The van der Waals surface area contributed by atoms with Crippen LogP contribution in [-0.4, -0.2) is 27.4 Å². The first kappa shape index (κ1) is 17.7. The fourth-order valence-electron chi connectivity index (χ4n) is 2.95. The Kier molecular flexibility index (Phi) is 5.36. The van der Waals surface area contributed by atoms with Crippen molar-refractivity contribution in [3.05, 3.63) is 65.4 Å². The lowest BCUT2D eigenvalue weighted by Gasteiger charge is -2.10. The molecule has 0 fully saturated rings. The van der Waals surface area contributed by atoms with E-state index in [1.165, 1.54) is 6.20 Å². The minimum atomic E-state index is -1.04. The van der Waals surface area contributed by atoms with E-state index >= 15 is 0 Å². The molecule has 0 bridgehead atoms. The third-order valence-electron chi connectivity index (χ3n) is 4.27. The number of hydrogen-bond acceptors (Lipinski definition) is 3. The molecule has 0 aliphatic heterocycles. The monoisotopic (exact) mass is 356 g/mol. The van der Waals surface area contributed by atoms with Crippen LogP contribution in [0.2, 0.25) is 0 Å². The molecule has 2 heterocycles. The van der Waals surface area contributed by atoms with Gasteiger partial charge in [0.1, 0.15) is 5.82 Å². The predicted molar refractivity (Wildman–Crippen MR) is 98.3 cm³/mol. The van der Waals surface area contributed by atoms with Gasteiger partial charge in [0.2, 0.25) is 0 Å². The molecule has 0 spiro atoms. The molecule has 3 N–H and O–H groups in total. The maximum atomic E-state index is 13.6. The SMILES string of the molecule is Cc1cn(NCCCc2ccncc2F)c2ccc(CNC(=O)O)cc12. The number of halogens is 1. The summed E-state index contributed by atoms with van der Waals surface area (Å²) in [5.41, 5.74) is 7.05. The molecule has 3 aromatic rings. The van der Waals surface area contributed by atoms with E-state index in [1.807, 2.05) is 36.0 Å². The van der Waals surface area contributed by atoms with E-state index in [2.05, 4.69) is 15.7 Å². The first-order valence-electron chi connectivity index (χ1n) is 8.44. The summed E-state index contributed by atoms with van der Waals surface area (Å²) >= 11 is 0. The van der Waals surface area contributed by atoms with Gasteiger partial charge in [-0.25, -0.2) is 9.18 Å². The smallest absolute Gasteiger partial charge is 0.404 e. The Morgan fingerprint density at radius 2 is 2.19 bits per heavy atom. The molecule has 26 heavy (non-hydrogen) atoms. The van der Waals surface area contributed by atoms with Crippen molar-refractivity contribution in [2.75, 3.05) is 12.0 Å². The molecule has 6 nitrogen and oxygen atoms in total. The van der Waals surface area contributed by atoms with E-state index in [1.54, 1.807) is 12.3 Å². The molecular formula is C19H21FN4O2. The second-order valence-electron chi connectivity index (χ2n) is 6.17. The number of hydrogen-bond donors (Lipinski definition) is 3. The average Bonchev–Trinajstić information content (AvgIpc) is 2.94. The van der Waals surface area contributed by atoms with Crippen LogP contribution >= 0.6 is 0 Å². The van der Waals surface area contributed by atoms with Crippen LogP contribution in [0.1, 0.15) is 23.1 Å². The van der Waals surface area contributed by atoms with E-state index in [0.717, 1.165) is 28.5 Å². The molecule has 0 saturated heterocycles. The van der Waals surface area contributed by atoms with Gasteiger partial charge in [0.15, 0.2) is 0 Å². The fraction of sp³-hybridized carbons (Fsp3) is 0.263. The topological polar surface area (TPSA) is 79.2 Å². The molecule has 136 valence electrons. The number of rotatable bonds is 7. The number of carbonyl (C=O) groups is 1. The van der Waals surface area contributed by atoms with Crippen LogP contribution in [0.3, 0.4) is 0 Å². The van der Waals surface area contributed by atoms with Crippen LogP contribution in [0, 0.1) is 12.7 Å². The van der Waals surface area contributed by atoms with Gasteiger partial charge in [-0.15, -0.1) is 0 Å². The maximum absolute atomic E-state index is 13.6. The second-order valence-corrected chi connectivity index (χ2v) is 6.17. The molecule has 0 saturated carbocycles. The van der Waals surface area contributed by atoms with Crippen LogP contribution < -0.4 is 10.7 Å². The lowest BCUT2D eigenvalue weighted by Crippen LogP contribution is -2.19. The van der Waals surface area contributed by atoms with Gasteiger partial charge in [-0.3, -0.25) is 9.66 Å². The van der Waals surface area contributed by atoms with E-state index in [-0.39, 0.29) is 12.4 Å². The normalized spacial score (nSPS) is 10.8. The number of aryl methyl sites for hydroxylation is 2. The lowest BCUT2D eigenvalue weighted by molar-refractivity contribution is 0.194. The standard InChI is InChI=1S/C19H21FN4O2/c1-13-12-24(23-7-2-3-15-6-8-21-11-17(15)20)18-5-4-14(9-16(13)18)10-22-19(25)26/h4-6,8-9,11-12,22-23H,2-3,7,10H2,1H3,(H,25,26). The van der Waals surface area contributed by atoms with Crippen molar-refractivity contribution in [2.24, 2.45) is 0 Å². The van der Waals surface area contributed by atoms with E-state index in [0.29, 0.717) is 18.5 Å². The van der Waals surface area contributed by atoms with Gasteiger partial charge in [-0.2, -0.15) is 0 Å². The quantitative estimate of drug-likeness (QED) is 0.567. The molecule has 2 aromatic heterocycles. The Labute approximate surface area is 150 Å². The molecule has 0 radical (unpaired) electrons. The molecule has 3 rings (SSSR count). The number of aromatic nitrogens is 2. The van der Waals surface area contributed by atoms with Crippen molar-refractivity contribution in [1.29, 1.82) is 0 Å². The third kappa shape index (κ3) is 4.11. The van der Waals surface area contributed by atoms with Crippen molar-refractivity contribution in [3.8, 4) is 0 Å². The number of nitrogens with one attached hydrogen (secondary N) is 2. The molecular weight excluding hydrogens is 335 g/mol. The van der Waals surface area contributed by atoms with E-state index in [4.69, 9.17) is 5.11 Å². The highest BCUT2D eigenvalue weighted by molar-refractivity contribution is 5.84. The number of amides is 1. The molecule has 0 unspecified atom stereocenters. The Morgan fingerprint density at radius 3 is 2.96 bits per heavy atom. The Morgan fingerprint density at radius 1 is 1.35 bits per heavy atom. The molecule has 0 atom stereocenters. The van der Waals surface area contributed by atoms with Gasteiger partial charge in [-0.05, 0) is 54.7 Å². The van der Waals surface area contributed by atoms with Gasteiger partial charge in [-0.1, -0.05) is 6.07 Å². The zero-order chi connectivity index (χ0) is 18.5. The molecule has 7 heteroatoms. The van der Waals surface area contributed by atoms with Crippen LogP contribution in [0.4, 0.5) is 9.18 Å². The summed E-state index contributed by atoms with van der Waals surface area (Å²) in [6, 6.07) is 7.57. The van der Waals surface area contributed by atoms with Crippen molar-refractivity contribution in [1.82, 2.24) is 15.0 Å². The number of benzene rings is 1. The molecule has 0 aliphatic rings. The van der Waals surface area contributed by atoms with Crippen LogP contribution in [-0.2, 0) is 13.0 Å². The first-order valence-corrected chi connectivity index (χ1v) is 8.44. The first-order chi connectivity index (χ1) is 12.5. The summed E-state index contributed by atoms with van der Waals surface area (Å²) in [5.74, 6) is -0.266. The highest BCUT2D eigenvalue weighted by Gasteiger charge is 2.07. The van der Waals surface area contributed by atoms with Crippen molar-refractivity contribution in [2.45, 2.75) is 26.3 Å². The summed E-state index contributed by atoms with van der Waals surface area (Å²) in [4.78, 5) is 14.4. The summed E-state index contributed by atoms with van der Waals surface area (Å²) in [7, 11) is 0. The van der Waals surface area contributed by atoms with Gasteiger partial charge in [0.05, 0.1) is 11.7 Å². The van der Waals surface area contributed by atoms with Crippen LogP contribution in [0.5, 0.6) is 0 Å². The van der Waals surface area contributed by atoms with Gasteiger partial charge < -0.3 is 15.8 Å². The zero-order valence-electron chi connectivity index (χ0n) is 14.5. The fourth-order valence-corrected chi connectivity index (χ4v) is 2.95. The molecule has 1 amide bonds. The number of pyridine rings is 1. The Balaban J connectivity index is 1.63. The highest BCUT2D eigenvalue weighted by atomic mass is 19.1. The number of fused-ring (bicyclic) bond motifs is 1. The summed E-state index contributed by atoms with van der Waals surface area (Å²) < 4.78 is 15.5. The zero-order valence-corrected chi connectivity index (χ0v) is 14.5. The Hall–Kier alpha value is -3.09. The predicted octanol–water partition coefficient (Wildman–Crippen LogP) is 3.43. The minimum absolute atomic E-state index is 0.266. The summed E-state index contributed by atoms with van der Waals surface area (Å²) in [6.45, 7) is 3.00. The van der Waals surface area contributed by atoms with Gasteiger partial charge in [0, 0.05) is 30.9 Å².